The number of nitrogens with one attached hydrogen (secondary N) is 2. The fourth-order valence-electron chi connectivity index (χ4n) is 5.03. The van der Waals surface area contributed by atoms with Crippen molar-refractivity contribution in [2.45, 2.75) is 102 Å². The lowest BCUT2D eigenvalue weighted by molar-refractivity contribution is -0.123. The van der Waals surface area contributed by atoms with Crippen LogP contribution < -0.4 is 15.5 Å². The van der Waals surface area contributed by atoms with Gasteiger partial charge in [-0.25, -0.2) is 0 Å². The molecule has 196 valence electrons. The van der Waals surface area contributed by atoms with Gasteiger partial charge in [0.15, 0.2) is 0 Å². The summed E-state index contributed by atoms with van der Waals surface area (Å²) in [6.07, 6.45) is 12.5. The van der Waals surface area contributed by atoms with E-state index in [4.69, 9.17) is 0 Å². The number of rotatable bonds is 6. The Kier molecular flexibility index (Phi) is 10.1. The molecule has 0 bridgehead atoms. The molecule has 1 aliphatic carbocycles. The van der Waals surface area contributed by atoms with E-state index in [0.717, 1.165) is 43.2 Å². The van der Waals surface area contributed by atoms with Gasteiger partial charge in [-0.2, -0.15) is 0 Å². The summed E-state index contributed by atoms with van der Waals surface area (Å²) in [5, 5.41) is 6.43. The number of amides is 1. The molecular formula is C30H44N4O2. The Morgan fingerprint density at radius 2 is 1.78 bits per heavy atom. The van der Waals surface area contributed by atoms with Crippen molar-refractivity contribution in [3.05, 3.63) is 59.9 Å². The highest BCUT2D eigenvalue weighted by atomic mass is 16.2. The lowest BCUT2D eigenvalue weighted by atomic mass is 9.87. The van der Waals surface area contributed by atoms with Crippen molar-refractivity contribution in [1.82, 2.24) is 15.6 Å². The number of hydrogen-bond donors (Lipinski definition) is 2. The van der Waals surface area contributed by atoms with Gasteiger partial charge in [-0.3, -0.25) is 9.78 Å². The molecule has 6 nitrogen and oxygen atoms in total. The van der Waals surface area contributed by atoms with Crippen LogP contribution in [0.4, 0.5) is 5.69 Å². The molecule has 3 unspecified atom stereocenters. The highest BCUT2D eigenvalue weighted by Gasteiger charge is 2.28. The van der Waals surface area contributed by atoms with Crippen molar-refractivity contribution in [2.24, 2.45) is 0 Å². The van der Waals surface area contributed by atoms with Gasteiger partial charge in [0.05, 0.1) is 6.04 Å². The number of hydrogen-bond acceptors (Lipinski definition) is 5. The quantitative estimate of drug-likeness (QED) is 0.533. The van der Waals surface area contributed by atoms with Crippen molar-refractivity contribution in [1.29, 1.82) is 0 Å². The molecule has 2 heterocycles. The predicted molar refractivity (Wildman–Crippen MR) is 147 cm³/mol. The van der Waals surface area contributed by atoms with Crippen LogP contribution in [0.5, 0.6) is 0 Å². The van der Waals surface area contributed by atoms with Gasteiger partial charge in [-0.05, 0) is 61.8 Å². The van der Waals surface area contributed by atoms with Crippen LogP contribution in [-0.4, -0.2) is 42.4 Å². The molecule has 1 amide bonds. The third-order valence-electron chi connectivity index (χ3n) is 7.30. The van der Waals surface area contributed by atoms with Gasteiger partial charge >= 0.3 is 0 Å². The molecule has 1 saturated heterocycles. The topological polar surface area (TPSA) is 74.3 Å². The fourth-order valence-corrected chi connectivity index (χ4v) is 5.03. The summed E-state index contributed by atoms with van der Waals surface area (Å²) < 4.78 is 0. The maximum atomic E-state index is 13.3. The van der Waals surface area contributed by atoms with Crippen molar-refractivity contribution < 1.29 is 9.59 Å². The summed E-state index contributed by atoms with van der Waals surface area (Å²) in [5.74, 6) is 0.0577. The van der Waals surface area contributed by atoms with E-state index in [1.54, 1.807) is 12.4 Å². The normalized spacial score (nSPS) is 21.1. The molecule has 2 aromatic rings. The van der Waals surface area contributed by atoms with Gasteiger partial charge in [0, 0.05) is 42.8 Å². The van der Waals surface area contributed by atoms with Crippen LogP contribution in [0.2, 0.25) is 0 Å². The number of carbonyl (C=O) groups excluding carboxylic acids is 2. The average Bonchev–Trinajstić information content (AvgIpc) is 3.31. The molecule has 0 spiro atoms. The monoisotopic (exact) mass is 492 g/mol. The zero-order chi connectivity index (χ0) is 26.1. The summed E-state index contributed by atoms with van der Waals surface area (Å²) >= 11 is 0. The highest BCUT2D eigenvalue weighted by molar-refractivity contribution is 5.86. The van der Waals surface area contributed by atoms with Crippen LogP contribution in [0, 0.1) is 0 Å². The van der Waals surface area contributed by atoms with E-state index in [2.05, 4.69) is 72.5 Å². The molecule has 1 saturated carbocycles. The molecule has 1 aromatic carbocycles. The summed E-state index contributed by atoms with van der Waals surface area (Å²) in [6, 6.07) is 13.0. The minimum Gasteiger partial charge on any atom is -0.359 e. The van der Waals surface area contributed by atoms with Gasteiger partial charge < -0.3 is 20.3 Å². The minimum absolute atomic E-state index is 0.0577. The Labute approximate surface area is 217 Å². The first-order valence-corrected chi connectivity index (χ1v) is 13.4. The summed E-state index contributed by atoms with van der Waals surface area (Å²) in [7, 11) is 1.99. The Bertz CT molecular complexity index is 949. The molecular weight excluding hydrogens is 448 g/mol. The zero-order valence-corrected chi connectivity index (χ0v) is 22.7. The van der Waals surface area contributed by atoms with Crippen molar-refractivity contribution in [3.63, 3.8) is 0 Å². The van der Waals surface area contributed by atoms with Gasteiger partial charge in [-0.15, -0.1) is 0 Å². The molecule has 2 fully saturated rings. The van der Waals surface area contributed by atoms with E-state index < -0.39 is 6.04 Å². The first kappa shape index (κ1) is 27.9. The zero-order valence-electron chi connectivity index (χ0n) is 22.7. The van der Waals surface area contributed by atoms with E-state index in [1.165, 1.54) is 24.8 Å². The maximum Gasteiger partial charge on any atom is 0.247 e. The van der Waals surface area contributed by atoms with Gasteiger partial charge in [0.2, 0.25) is 5.91 Å². The molecule has 1 aromatic heterocycles. The first-order valence-electron chi connectivity index (χ1n) is 13.4. The standard InChI is InChI=1S/C24H33N3O.C6H11NO/c1-24(2,3)19-12-14-21(15-13-19)27(4)22(18-9-8-16-25-17-18)23(28)26-20-10-6-5-7-11-20;1-5-2-3-6(4-8)7-5/h8-9,12-17,20,22H,5-7,10-11H2,1-4H3,(H,26,28);4-7H,2-3H2,1H3. The second kappa shape index (κ2) is 13.0. The molecule has 6 heteroatoms. The van der Waals surface area contributed by atoms with Crippen LogP contribution in [0.15, 0.2) is 48.8 Å². The second-order valence-electron chi connectivity index (χ2n) is 11.3. The lowest BCUT2D eigenvalue weighted by Crippen LogP contribution is -2.44. The number of anilines is 1. The molecule has 1 aliphatic heterocycles. The van der Waals surface area contributed by atoms with E-state index in [0.29, 0.717) is 6.04 Å². The third kappa shape index (κ3) is 7.89. The van der Waals surface area contributed by atoms with Crippen LogP contribution in [-0.2, 0) is 15.0 Å². The van der Waals surface area contributed by atoms with Crippen LogP contribution in [0.25, 0.3) is 0 Å². The second-order valence-corrected chi connectivity index (χ2v) is 11.3. The minimum atomic E-state index is -0.392. The van der Waals surface area contributed by atoms with Gasteiger partial charge in [-0.1, -0.05) is 58.2 Å². The van der Waals surface area contributed by atoms with Crippen molar-refractivity contribution in [2.75, 3.05) is 11.9 Å². The lowest BCUT2D eigenvalue weighted by Gasteiger charge is -2.32. The average molecular weight is 493 g/mol. The number of pyridine rings is 1. The number of aldehydes is 1. The Morgan fingerprint density at radius 3 is 2.28 bits per heavy atom. The maximum absolute atomic E-state index is 13.3. The van der Waals surface area contributed by atoms with Gasteiger partial charge in [0.1, 0.15) is 12.3 Å². The number of aromatic nitrogens is 1. The molecule has 36 heavy (non-hydrogen) atoms. The van der Waals surface area contributed by atoms with Crippen LogP contribution >= 0.6 is 0 Å². The smallest absolute Gasteiger partial charge is 0.247 e. The Morgan fingerprint density at radius 1 is 1.08 bits per heavy atom. The molecule has 2 aliphatic rings. The van der Waals surface area contributed by atoms with Crippen LogP contribution in [0.3, 0.4) is 0 Å². The number of likely N-dealkylation sites (N-methyl/N-ethyl adjacent to an activating group) is 1. The third-order valence-corrected chi connectivity index (χ3v) is 7.30. The van der Waals surface area contributed by atoms with Crippen molar-refractivity contribution >= 4 is 17.9 Å². The van der Waals surface area contributed by atoms with Crippen LogP contribution in [0.1, 0.15) is 89.8 Å². The Hall–Kier alpha value is -2.73. The Balaban J connectivity index is 0.000000383. The molecule has 0 radical (unpaired) electrons. The number of benzene rings is 1. The van der Waals surface area contributed by atoms with Crippen molar-refractivity contribution in [3.8, 4) is 0 Å². The molecule has 4 rings (SSSR count). The molecule has 3 atom stereocenters. The first-order chi connectivity index (χ1) is 17.2. The van der Waals surface area contributed by atoms with E-state index in [-0.39, 0.29) is 23.4 Å². The van der Waals surface area contributed by atoms with E-state index in [9.17, 15) is 9.59 Å². The number of carbonyl (C=O) groups is 2. The summed E-state index contributed by atoms with van der Waals surface area (Å²) in [6.45, 7) is 8.73. The molecule has 2 N–H and O–H groups in total. The fraction of sp³-hybridized carbons (Fsp3) is 0.567. The number of nitrogens with zero attached hydrogens (tertiary/aromatic N) is 2. The summed E-state index contributed by atoms with van der Waals surface area (Å²) in [5.41, 5.74) is 3.34. The van der Waals surface area contributed by atoms with E-state index >= 15 is 0 Å². The highest BCUT2D eigenvalue weighted by Crippen LogP contribution is 2.29. The van der Waals surface area contributed by atoms with E-state index in [1.807, 2.05) is 19.2 Å². The largest absolute Gasteiger partial charge is 0.359 e. The predicted octanol–water partition coefficient (Wildman–Crippen LogP) is 5.33. The SMILES string of the molecule is CC1CCC(C=O)N1.CN(c1ccc(C(C)(C)C)cc1)C(C(=O)NC1CCCCC1)c1cccnc1. The van der Waals surface area contributed by atoms with Gasteiger partial charge in [0.25, 0.3) is 0 Å². The summed E-state index contributed by atoms with van der Waals surface area (Å²) in [4.78, 5) is 29.7.